The zero-order chi connectivity index (χ0) is 10.1. The summed E-state index contributed by atoms with van der Waals surface area (Å²) >= 11 is 1.32. The third kappa shape index (κ3) is 2.60. The van der Waals surface area contributed by atoms with Gasteiger partial charge in [0.25, 0.3) is 0 Å². The van der Waals surface area contributed by atoms with E-state index in [9.17, 15) is 10.0 Å². The number of hydroxylamine groups is 2. The van der Waals surface area contributed by atoms with Gasteiger partial charge in [0.05, 0.1) is 10.4 Å². The Balaban J connectivity index is 2.72. The number of thioether (sulfide) groups is 1. The molecule has 4 heteroatoms. The molecule has 72 valence electrons. The number of hydrogen-bond acceptors (Lipinski definition) is 4. The lowest BCUT2D eigenvalue weighted by Gasteiger charge is -2.28. The van der Waals surface area contributed by atoms with Crippen LogP contribution in [0.3, 0.4) is 0 Å². The summed E-state index contributed by atoms with van der Waals surface area (Å²) in [5.74, 6) is -0.0479. The zero-order valence-corrected chi connectivity index (χ0v) is 8.76. The Hall–Kier alpha value is -0.740. The van der Waals surface area contributed by atoms with Crippen LogP contribution in [0.2, 0.25) is 0 Å². The van der Waals surface area contributed by atoms with Gasteiger partial charge in [-0.05, 0) is 32.3 Å². The lowest BCUT2D eigenvalue weighted by atomic mass is 10.1. The average molecular weight is 199 g/mol. The van der Waals surface area contributed by atoms with Crippen LogP contribution < -0.4 is 0 Å². The second kappa shape index (κ2) is 3.55. The summed E-state index contributed by atoms with van der Waals surface area (Å²) in [7, 11) is 0. The summed E-state index contributed by atoms with van der Waals surface area (Å²) in [4.78, 5) is 11.7. The van der Waals surface area contributed by atoms with E-state index in [2.05, 4.69) is 0 Å². The molecule has 0 spiro atoms. The number of hydrogen-bond donors (Lipinski definition) is 1. The fourth-order valence-electron chi connectivity index (χ4n) is 0.708. The molecule has 0 aromatic heterocycles. The van der Waals surface area contributed by atoms with Crippen molar-refractivity contribution >= 4 is 17.5 Å². The molecule has 1 aliphatic rings. The highest BCUT2D eigenvalue weighted by Gasteiger charge is 2.19. The van der Waals surface area contributed by atoms with Gasteiger partial charge in [0.1, 0.15) is 0 Å². The van der Waals surface area contributed by atoms with E-state index in [1.165, 1.54) is 24.0 Å². The quantitative estimate of drug-likeness (QED) is 0.519. The Labute approximate surface area is 82.1 Å². The second-order valence-electron chi connectivity index (χ2n) is 3.79. The van der Waals surface area contributed by atoms with Crippen molar-refractivity contribution < 1.29 is 10.0 Å². The first-order valence-electron chi connectivity index (χ1n) is 3.99. The predicted octanol–water partition coefficient (Wildman–Crippen LogP) is 2.15. The normalized spacial score (nSPS) is 20.0. The highest BCUT2D eigenvalue weighted by Crippen LogP contribution is 2.26. The van der Waals surface area contributed by atoms with Gasteiger partial charge in [0.2, 0.25) is 0 Å². The molecule has 0 unspecified atom stereocenters. The molecular weight excluding hydrogens is 186 g/mol. The number of ketones is 1. The molecular formula is C9H13NO2S. The van der Waals surface area contributed by atoms with Crippen LogP contribution in [-0.4, -0.2) is 21.6 Å². The number of nitrogens with zero attached hydrogens (tertiary/aromatic N) is 1. The molecule has 0 aliphatic carbocycles. The molecule has 0 fully saturated rings. The van der Waals surface area contributed by atoms with Crippen LogP contribution in [0.25, 0.3) is 0 Å². The lowest BCUT2D eigenvalue weighted by molar-refractivity contribution is -0.115. The van der Waals surface area contributed by atoms with Crippen molar-refractivity contribution in [1.82, 2.24) is 5.06 Å². The minimum atomic E-state index is -0.379. The smallest absolute Gasteiger partial charge is 0.194 e. The molecule has 1 heterocycles. The molecule has 13 heavy (non-hydrogen) atoms. The van der Waals surface area contributed by atoms with Crippen molar-refractivity contribution in [2.45, 2.75) is 26.3 Å². The van der Waals surface area contributed by atoms with E-state index < -0.39 is 0 Å². The van der Waals surface area contributed by atoms with Gasteiger partial charge in [-0.1, -0.05) is 11.8 Å². The molecule has 1 N–H and O–H groups in total. The van der Waals surface area contributed by atoms with Crippen LogP contribution in [0.5, 0.6) is 0 Å². The van der Waals surface area contributed by atoms with Gasteiger partial charge >= 0.3 is 0 Å². The van der Waals surface area contributed by atoms with Crippen LogP contribution >= 0.6 is 11.8 Å². The highest BCUT2D eigenvalue weighted by atomic mass is 32.2. The van der Waals surface area contributed by atoms with Gasteiger partial charge in [-0.15, -0.1) is 0 Å². The number of allylic oxidation sites excluding steroid dienone is 2. The number of rotatable bonds is 1. The van der Waals surface area contributed by atoms with Crippen LogP contribution in [0.15, 0.2) is 22.6 Å². The predicted molar refractivity (Wildman–Crippen MR) is 53.2 cm³/mol. The van der Waals surface area contributed by atoms with E-state index in [1.807, 2.05) is 20.8 Å². The topological polar surface area (TPSA) is 40.5 Å². The second-order valence-corrected chi connectivity index (χ2v) is 4.74. The van der Waals surface area contributed by atoms with Crippen molar-refractivity contribution in [1.29, 1.82) is 0 Å². The van der Waals surface area contributed by atoms with Crippen LogP contribution in [0.4, 0.5) is 0 Å². The van der Waals surface area contributed by atoms with Gasteiger partial charge in [0.15, 0.2) is 5.78 Å². The van der Waals surface area contributed by atoms with Crippen molar-refractivity contribution in [2.24, 2.45) is 0 Å². The Morgan fingerprint density at radius 2 is 2.15 bits per heavy atom. The van der Waals surface area contributed by atoms with Crippen LogP contribution in [-0.2, 0) is 4.79 Å². The molecule has 0 atom stereocenters. The third-order valence-electron chi connectivity index (χ3n) is 1.58. The standard InChI is InChI=1S/C9H13NO2S/c1-9(2,3)10(12)6-8-7(11)4-5-13-8/h4-6,12H,1-3H3. The summed E-state index contributed by atoms with van der Waals surface area (Å²) < 4.78 is 0. The van der Waals surface area contributed by atoms with Crippen molar-refractivity contribution in [3.63, 3.8) is 0 Å². The molecule has 1 rings (SSSR count). The van der Waals surface area contributed by atoms with Crippen molar-refractivity contribution in [2.75, 3.05) is 0 Å². The highest BCUT2D eigenvalue weighted by molar-refractivity contribution is 8.07. The van der Waals surface area contributed by atoms with E-state index >= 15 is 0 Å². The van der Waals surface area contributed by atoms with E-state index in [1.54, 1.807) is 5.41 Å². The Morgan fingerprint density at radius 1 is 1.54 bits per heavy atom. The van der Waals surface area contributed by atoms with Gasteiger partial charge in [-0.2, -0.15) is 0 Å². The molecule has 0 saturated carbocycles. The largest absolute Gasteiger partial charge is 0.289 e. The first-order chi connectivity index (χ1) is 5.91. The fourth-order valence-corrected chi connectivity index (χ4v) is 1.39. The Morgan fingerprint density at radius 3 is 2.54 bits per heavy atom. The Bertz CT molecular complexity index is 276. The SMILES string of the molecule is CC(C)(C)N(O)C=C1SC=CC1=O. The molecule has 0 radical (unpaired) electrons. The maximum Gasteiger partial charge on any atom is 0.194 e. The summed E-state index contributed by atoms with van der Waals surface area (Å²) in [6, 6.07) is 0. The molecule has 0 aromatic carbocycles. The Kier molecular flexibility index (Phi) is 2.83. The molecule has 1 aliphatic heterocycles. The van der Waals surface area contributed by atoms with Gasteiger partial charge in [-0.3, -0.25) is 15.1 Å². The minimum absolute atomic E-state index is 0.0479. The van der Waals surface area contributed by atoms with E-state index in [0.29, 0.717) is 4.91 Å². The summed E-state index contributed by atoms with van der Waals surface area (Å²) in [5, 5.41) is 12.3. The first kappa shape index (κ1) is 10.3. The summed E-state index contributed by atoms with van der Waals surface area (Å²) in [5.41, 5.74) is -0.379. The average Bonchev–Trinajstić information content (AvgIpc) is 2.34. The minimum Gasteiger partial charge on any atom is -0.289 e. The number of carbonyl (C=O) groups excluding carboxylic acids is 1. The van der Waals surface area contributed by atoms with Crippen LogP contribution in [0.1, 0.15) is 20.8 Å². The summed E-state index contributed by atoms with van der Waals surface area (Å²) in [6.07, 6.45) is 2.96. The summed E-state index contributed by atoms with van der Waals surface area (Å²) in [6.45, 7) is 5.59. The third-order valence-corrected chi connectivity index (χ3v) is 2.42. The molecule has 0 bridgehead atoms. The van der Waals surface area contributed by atoms with Crippen LogP contribution in [0, 0.1) is 0 Å². The van der Waals surface area contributed by atoms with E-state index in [0.717, 1.165) is 5.06 Å². The first-order valence-corrected chi connectivity index (χ1v) is 4.87. The van der Waals surface area contributed by atoms with Crippen molar-refractivity contribution in [3.05, 3.63) is 22.6 Å². The molecule has 0 saturated heterocycles. The monoisotopic (exact) mass is 199 g/mol. The maximum absolute atomic E-state index is 11.1. The van der Waals surface area contributed by atoms with Crippen molar-refractivity contribution in [3.8, 4) is 0 Å². The fraction of sp³-hybridized carbons (Fsp3) is 0.444. The molecule has 0 aromatic rings. The van der Waals surface area contributed by atoms with Gasteiger partial charge in [-0.25, -0.2) is 0 Å². The van der Waals surface area contributed by atoms with Gasteiger partial charge < -0.3 is 0 Å². The molecule has 0 amide bonds. The zero-order valence-electron chi connectivity index (χ0n) is 7.94. The molecule has 3 nitrogen and oxygen atoms in total. The van der Waals surface area contributed by atoms with E-state index in [4.69, 9.17) is 0 Å². The maximum atomic E-state index is 11.1. The lowest BCUT2D eigenvalue weighted by Crippen LogP contribution is -2.34. The number of carbonyl (C=O) groups is 1. The van der Waals surface area contributed by atoms with Gasteiger partial charge in [0, 0.05) is 6.20 Å². The van der Waals surface area contributed by atoms with E-state index in [-0.39, 0.29) is 11.3 Å².